The zero-order chi connectivity index (χ0) is 21.3. The molecule has 1 aromatic carbocycles. The minimum atomic E-state index is -3.56. The van der Waals surface area contributed by atoms with Gasteiger partial charge >= 0.3 is 0 Å². The van der Waals surface area contributed by atoms with Crippen molar-refractivity contribution in [3.8, 4) is 0 Å². The lowest BCUT2D eigenvalue weighted by Gasteiger charge is -2.29. The Morgan fingerprint density at radius 2 is 1.90 bits per heavy atom. The second-order valence-corrected chi connectivity index (χ2v) is 10.3. The van der Waals surface area contributed by atoms with E-state index in [4.69, 9.17) is 0 Å². The maximum Gasteiger partial charge on any atom is 0.256 e. The lowest BCUT2D eigenvalue weighted by molar-refractivity contribution is -0.117. The molecule has 0 saturated carbocycles. The molecular weight excluding hydrogens is 418 g/mol. The highest BCUT2D eigenvalue weighted by atomic mass is 32.2. The second kappa shape index (κ2) is 8.20. The van der Waals surface area contributed by atoms with Crippen LogP contribution in [0.25, 0.3) is 0 Å². The van der Waals surface area contributed by atoms with Crippen LogP contribution in [-0.2, 0) is 14.8 Å². The number of sulfonamides is 1. The number of fused-ring (bicyclic) bond motifs is 1. The van der Waals surface area contributed by atoms with Gasteiger partial charge in [0.05, 0.1) is 17.4 Å². The summed E-state index contributed by atoms with van der Waals surface area (Å²) < 4.78 is 27.8. The molecule has 4 rings (SSSR count). The van der Waals surface area contributed by atoms with E-state index in [2.05, 4.69) is 35.7 Å². The van der Waals surface area contributed by atoms with Crippen molar-refractivity contribution >= 4 is 33.1 Å². The van der Waals surface area contributed by atoms with E-state index in [0.717, 1.165) is 10.4 Å². The molecule has 1 aromatic heterocycles. The monoisotopic (exact) mass is 441 g/mol. The molecule has 0 radical (unpaired) electrons. The third kappa shape index (κ3) is 4.24. The number of allylic oxidation sites excluding steroid dienone is 2. The van der Waals surface area contributed by atoms with Crippen molar-refractivity contribution in [1.29, 1.82) is 0 Å². The van der Waals surface area contributed by atoms with E-state index in [1.165, 1.54) is 5.56 Å². The Kier molecular flexibility index (Phi) is 5.62. The number of benzene rings is 1. The van der Waals surface area contributed by atoms with Crippen LogP contribution in [0.4, 0.5) is 0 Å². The lowest BCUT2D eigenvalue weighted by Crippen LogP contribution is -2.43. The van der Waals surface area contributed by atoms with Gasteiger partial charge in [0.15, 0.2) is 5.84 Å². The number of carbonyl (C=O) groups is 1. The fourth-order valence-corrected chi connectivity index (χ4v) is 5.24. The van der Waals surface area contributed by atoms with E-state index in [1.807, 2.05) is 29.6 Å². The van der Waals surface area contributed by atoms with Crippen LogP contribution in [0.5, 0.6) is 0 Å². The average molecular weight is 442 g/mol. The molecule has 156 valence electrons. The maximum absolute atomic E-state index is 13.2. The highest BCUT2D eigenvalue weighted by Crippen LogP contribution is 2.28. The largest absolute Gasteiger partial charge is 0.340 e. The topological polar surface area (TPSA) is 78.8 Å². The Morgan fingerprint density at radius 3 is 2.57 bits per heavy atom. The van der Waals surface area contributed by atoms with Crippen molar-refractivity contribution < 1.29 is 13.2 Å². The van der Waals surface area contributed by atoms with Crippen molar-refractivity contribution in [2.45, 2.75) is 25.8 Å². The van der Waals surface area contributed by atoms with Gasteiger partial charge in [0.2, 0.25) is 0 Å². The van der Waals surface area contributed by atoms with E-state index in [-0.39, 0.29) is 35.7 Å². The minimum Gasteiger partial charge on any atom is -0.340 e. The second-order valence-electron chi connectivity index (χ2n) is 7.56. The Bertz CT molecular complexity index is 1130. The molecule has 1 amide bonds. The lowest BCUT2D eigenvalue weighted by atomic mass is 9.98. The Hall–Kier alpha value is -2.71. The number of hydrogen-bond donors (Lipinski definition) is 1. The van der Waals surface area contributed by atoms with Crippen LogP contribution >= 0.6 is 11.3 Å². The summed E-state index contributed by atoms with van der Waals surface area (Å²) in [4.78, 5) is 15.9. The first-order valence-electron chi connectivity index (χ1n) is 9.76. The molecule has 1 atom stereocenters. The smallest absolute Gasteiger partial charge is 0.256 e. The Morgan fingerprint density at radius 1 is 1.17 bits per heavy atom. The van der Waals surface area contributed by atoms with Crippen LogP contribution in [0.15, 0.2) is 70.1 Å². The molecule has 3 heterocycles. The van der Waals surface area contributed by atoms with Crippen molar-refractivity contribution in [1.82, 2.24) is 10.2 Å². The molecule has 0 spiro atoms. The molecule has 0 bridgehead atoms. The van der Waals surface area contributed by atoms with Crippen LogP contribution in [0.2, 0.25) is 0 Å². The van der Waals surface area contributed by atoms with Gasteiger partial charge in [-0.3, -0.25) is 4.79 Å². The third-order valence-electron chi connectivity index (χ3n) is 5.14. The van der Waals surface area contributed by atoms with E-state index < -0.39 is 10.0 Å². The third-order valence-corrected chi connectivity index (χ3v) is 7.23. The van der Waals surface area contributed by atoms with Gasteiger partial charge in [-0.05, 0) is 40.6 Å². The molecule has 6 nitrogen and oxygen atoms in total. The first-order valence-corrected chi connectivity index (χ1v) is 12.3. The van der Waals surface area contributed by atoms with Gasteiger partial charge in [-0.2, -0.15) is 0 Å². The zero-order valence-corrected chi connectivity index (χ0v) is 18.4. The molecule has 0 saturated heterocycles. The van der Waals surface area contributed by atoms with Gasteiger partial charge in [0, 0.05) is 17.6 Å². The van der Waals surface area contributed by atoms with Gasteiger partial charge in [-0.15, -0.1) is 15.7 Å². The Balaban J connectivity index is 1.65. The van der Waals surface area contributed by atoms with Crippen LogP contribution in [0.3, 0.4) is 0 Å². The fraction of sp³-hybridized carbons (Fsp3) is 0.273. The number of carbonyl (C=O) groups excluding carboxylic acids is 1. The summed E-state index contributed by atoms with van der Waals surface area (Å²) in [5.74, 6) is 0.189. The number of nitrogens with one attached hydrogen (secondary N) is 1. The number of amides is 1. The summed E-state index contributed by atoms with van der Waals surface area (Å²) in [7, 11) is -3.56. The Labute approximate surface area is 180 Å². The summed E-state index contributed by atoms with van der Waals surface area (Å²) in [6.45, 7) is 4.57. The van der Waals surface area contributed by atoms with E-state index in [1.54, 1.807) is 34.6 Å². The van der Waals surface area contributed by atoms with Gasteiger partial charge in [0.1, 0.15) is 0 Å². The SMILES string of the molecule is CC(C)c1ccc(C(NC(=O)C2=CC=CN3CCS(=O)(=O)N=C23)c2cccs2)cc1. The van der Waals surface area contributed by atoms with Crippen molar-refractivity contribution in [3.63, 3.8) is 0 Å². The normalized spacial score (nSPS) is 18.4. The summed E-state index contributed by atoms with van der Waals surface area (Å²) in [5, 5.41) is 5.05. The predicted molar refractivity (Wildman–Crippen MR) is 120 cm³/mol. The van der Waals surface area contributed by atoms with Crippen molar-refractivity contribution in [2.75, 3.05) is 12.3 Å². The molecule has 30 heavy (non-hydrogen) atoms. The maximum atomic E-state index is 13.2. The van der Waals surface area contributed by atoms with Gasteiger partial charge in [-0.25, -0.2) is 8.42 Å². The van der Waals surface area contributed by atoms with Crippen molar-refractivity contribution in [3.05, 3.63) is 81.7 Å². The fourth-order valence-electron chi connectivity index (χ4n) is 3.45. The molecule has 8 heteroatoms. The predicted octanol–water partition coefficient (Wildman–Crippen LogP) is 3.57. The molecule has 2 aromatic rings. The van der Waals surface area contributed by atoms with Crippen LogP contribution in [-0.4, -0.2) is 37.4 Å². The summed E-state index contributed by atoms with van der Waals surface area (Å²) in [6, 6.07) is 11.8. The molecule has 0 aliphatic carbocycles. The van der Waals surface area contributed by atoms with Crippen molar-refractivity contribution in [2.24, 2.45) is 4.40 Å². The molecule has 2 aliphatic rings. The van der Waals surface area contributed by atoms with Gasteiger partial charge < -0.3 is 10.2 Å². The highest BCUT2D eigenvalue weighted by molar-refractivity contribution is 7.90. The zero-order valence-electron chi connectivity index (χ0n) is 16.8. The molecule has 1 N–H and O–H groups in total. The first kappa shape index (κ1) is 20.6. The number of hydrogen-bond acceptors (Lipinski definition) is 5. The first-order chi connectivity index (χ1) is 14.3. The van der Waals surface area contributed by atoms with E-state index in [0.29, 0.717) is 5.92 Å². The highest BCUT2D eigenvalue weighted by Gasteiger charge is 2.31. The van der Waals surface area contributed by atoms with Gasteiger partial charge in [-0.1, -0.05) is 44.2 Å². The van der Waals surface area contributed by atoms with E-state index >= 15 is 0 Å². The molecule has 2 aliphatic heterocycles. The summed E-state index contributed by atoms with van der Waals surface area (Å²) in [5.41, 5.74) is 2.45. The molecule has 1 unspecified atom stereocenters. The van der Waals surface area contributed by atoms with Gasteiger partial charge in [0.25, 0.3) is 15.9 Å². The number of amidine groups is 1. The summed E-state index contributed by atoms with van der Waals surface area (Å²) >= 11 is 1.56. The minimum absolute atomic E-state index is 0.0598. The van der Waals surface area contributed by atoms with Crippen LogP contribution in [0.1, 0.15) is 41.8 Å². The quantitative estimate of drug-likeness (QED) is 0.769. The number of nitrogens with zero attached hydrogens (tertiary/aromatic N) is 2. The summed E-state index contributed by atoms with van der Waals surface area (Å²) in [6.07, 6.45) is 5.09. The number of rotatable bonds is 5. The van der Waals surface area contributed by atoms with Crippen LogP contribution < -0.4 is 5.32 Å². The average Bonchev–Trinajstić information content (AvgIpc) is 3.25. The number of thiophene rings is 1. The standard InChI is InChI=1S/C22H23N3O3S2/c1-15(2)16-7-9-17(10-8-16)20(19-6-4-13-29-19)23-22(26)18-5-3-11-25-12-14-30(27,28)24-21(18)25/h3-11,13,15,20H,12,14H2,1-2H3,(H,23,26). The van der Waals surface area contributed by atoms with E-state index in [9.17, 15) is 13.2 Å². The van der Waals surface area contributed by atoms with Crippen LogP contribution in [0, 0.1) is 0 Å². The molecule has 0 fully saturated rings. The molecular formula is C22H23N3O3S2.